The van der Waals surface area contributed by atoms with Crippen LogP contribution in [-0.2, 0) is 12.1 Å². The van der Waals surface area contributed by atoms with E-state index in [1.165, 1.54) is 12.8 Å². The van der Waals surface area contributed by atoms with Crippen LogP contribution < -0.4 is 5.32 Å². The summed E-state index contributed by atoms with van der Waals surface area (Å²) in [4.78, 5) is 0. The first-order chi connectivity index (χ1) is 8.29. The summed E-state index contributed by atoms with van der Waals surface area (Å²) in [5, 5.41) is 11.9. The summed E-state index contributed by atoms with van der Waals surface area (Å²) in [7, 11) is 0. The molecule has 4 heteroatoms. The smallest absolute Gasteiger partial charge is 0.0965 e. The van der Waals surface area contributed by atoms with Crippen molar-refractivity contribution in [2.45, 2.75) is 72.5 Å². The molecule has 0 aliphatic heterocycles. The Bertz CT molecular complexity index is 349. The van der Waals surface area contributed by atoms with Gasteiger partial charge in [0.15, 0.2) is 0 Å². The Morgan fingerprint density at radius 3 is 2.39 bits per heavy atom. The summed E-state index contributed by atoms with van der Waals surface area (Å²) in [6, 6.07) is 0.534. The SMILES string of the molecule is CC(C)CCC(C)NCc1cn(C(C)(C)C)nn1. The highest BCUT2D eigenvalue weighted by atomic mass is 15.4. The van der Waals surface area contributed by atoms with Gasteiger partial charge in [-0.15, -0.1) is 5.10 Å². The molecule has 1 heterocycles. The number of hydrogen-bond donors (Lipinski definition) is 1. The number of hydrogen-bond acceptors (Lipinski definition) is 3. The first-order valence-electron chi connectivity index (χ1n) is 6.94. The van der Waals surface area contributed by atoms with Gasteiger partial charge >= 0.3 is 0 Å². The second-order valence-electron chi connectivity index (χ2n) is 6.58. The van der Waals surface area contributed by atoms with E-state index in [1.807, 2.05) is 10.9 Å². The van der Waals surface area contributed by atoms with Crippen LogP contribution in [0.4, 0.5) is 0 Å². The zero-order valence-corrected chi connectivity index (χ0v) is 12.7. The summed E-state index contributed by atoms with van der Waals surface area (Å²) >= 11 is 0. The molecule has 1 atom stereocenters. The summed E-state index contributed by atoms with van der Waals surface area (Å²) in [5.74, 6) is 0.774. The minimum Gasteiger partial charge on any atom is -0.309 e. The van der Waals surface area contributed by atoms with Gasteiger partial charge < -0.3 is 5.32 Å². The van der Waals surface area contributed by atoms with Gasteiger partial charge in [-0.3, -0.25) is 0 Å². The van der Waals surface area contributed by atoms with E-state index < -0.39 is 0 Å². The Hall–Kier alpha value is -0.900. The average Bonchev–Trinajstić information content (AvgIpc) is 2.71. The van der Waals surface area contributed by atoms with E-state index in [-0.39, 0.29) is 5.54 Å². The highest BCUT2D eigenvalue weighted by Gasteiger charge is 2.15. The molecule has 0 fully saturated rings. The third kappa shape index (κ3) is 5.17. The summed E-state index contributed by atoms with van der Waals surface area (Å²) in [6.45, 7) is 14.0. The van der Waals surface area contributed by atoms with E-state index in [0.29, 0.717) is 6.04 Å². The molecule has 0 spiro atoms. The maximum atomic E-state index is 4.20. The molecular formula is C14H28N4. The minimum absolute atomic E-state index is 0.00844. The van der Waals surface area contributed by atoms with E-state index in [4.69, 9.17) is 0 Å². The maximum Gasteiger partial charge on any atom is 0.0965 e. The first kappa shape index (κ1) is 15.2. The predicted molar refractivity (Wildman–Crippen MR) is 75.4 cm³/mol. The molecule has 0 aliphatic rings. The lowest BCUT2D eigenvalue weighted by Crippen LogP contribution is -2.26. The van der Waals surface area contributed by atoms with Crippen LogP contribution in [-0.4, -0.2) is 21.0 Å². The zero-order chi connectivity index (χ0) is 13.8. The molecule has 0 saturated carbocycles. The van der Waals surface area contributed by atoms with Gasteiger partial charge in [0.1, 0.15) is 0 Å². The van der Waals surface area contributed by atoms with Crippen molar-refractivity contribution in [2.24, 2.45) is 5.92 Å². The molecule has 18 heavy (non-hydrogen) atoms. The van der Waals surface area contributed by atoms with Gasteiger partial charge in [-0.1, -0.05) is 19.1 Å². The standard InChI is InChI=1S/C14H28N4/c1-11(2)7-8-12(3)15-9-13-10-18(17-16-13)14(4,5)6/h10-12,15H,7-9H2,1-6H3. The Kier molecular flexibility index (Phi) is 5.32. The molecule has 0 bridgehead atoms. The Balaban J connectivity index is 2.37. The van der Waals surface area contributed by atoms with Gasteiger partial charge in [0, 0.05) is 12.6 Å². The quantitative estimate of drug-likeness (QED) is 0.846. The molecular weight excluding hydrogens is 224 g/mol. The largest absolute Gasteiger partial charge is 0.309 e. The van der Waals surface area contributed by atoms with Crippen LogP contribution in [0, 0.1) is 5.92 Å². The first-order valence-corrected chi connectivity index (χ1v) is 6.94. The molecule has 0 amide bonds. The molecule has 0 radical (unpaired) electrons. The molecule has 1 unspecified atom stereocenters. The molecule has 1 aromatic heterocycles. The molecule has 1 rings (SSSR count). The van der Waals surface area contributed by atoms with Crippen LogP contribution in [0.25, 0.3) is 0 Å². The molecule has 1 aromatic rings. The normalized spacial score (nSPS) is 14.2. The number of nitrogens with one attached hydrogen (secondary N) is 1. The fourth-order valence-electron chi connectivity index (χ4n) is 1.67. The Labute approximate surface area is 111 Å². The van der Waals surface area contributed by atoms with Gasteiger partial charge in [-0.2, -0.15) is 0 Å². The Morgan fingerprint density at radius 1 is 1.22 bits per heavy atom. The zero-order valence-electron chi connectivity index (χ0n) is 12.7. The molecule has 4 nitrogen and oxygen atoms in total. The summed E-state index contributed by atoms with van der Waals surface area (Å²) in [5.41, 5.74) is 1.02. The topological polar surface area (TPSA) is 42.7 Å². The molecule has 1 N–H and O–H groups in total. The lowest BCUT2D eigenvalue weighted by atomic mass is 10.0. The average molecular weight is 252 g/mol. The van der Waals surface area contributed by atoms with E-state index in [1.54, 1.807) is 0 Å². The minimum atomic E-state index is 0.00844. The third-order valence-electron chi connectivity index (χ3n) is 3.04. The summed E-state index contributed by atoms with van der Waals surface area (Å²) in [6.07, 6.45) is 4.51. The lowest BCUT2D eigenvalue weighted by Gasteiger charge is -2.17. The van der Waals surface area contributed by atoms with Gasteiger partial charge in [-0.05, 0) is 46.5 Å². The number of aromatic nitrogens is 3. The maximum absolute atomic E-state index is 4.20. The van der Waals surface area contributed by atoms with E-state index >= 15 is 0 Å². The second-order valence-corrected chi connectivity index (χ2v) is 6.58. The van der Waals surface area contributed by atoms with Gasteiger partial charge in [0.05, 0.1) is 17.4 Å². The monoisotopic (exact) mass is 252 g/mol. The Morgan fingerprint density at radius 2 is 1.89 bits per heavy atom. The van der Waals surface area contributed by atoms with Crippen LogP contribution in [0.2, 0.25) is 0 Å². The van der Waals surface area contributed by atoms with Crippen LogP contribution >= 0.6 is 0 Å². The predicted octanol–water partition coefficient (Wildman–Crippen LogP) is 2.95. The summed E-state index contributed by atoms with van der Waals surface area (Å²) < 4.78 is 1.92. The number of rotatable bonds is 6. The van der Waals surface area contributed by atoms with Crippen LogP contribution in [0.1, 0.15) is 60.1 Å². The van der Waals surface area contributed by atoms with Gasteiger partial charge in [-0.25, -0.2) is 4.68 Å². The van der Waals surface area contributed by atoms with Gasteiger partial charge in [0.2, 0.25) is 0 Å². The molecule has 0 aromatic carbocycles. The van der Waals surface area contributed by atoms with E-state index in [0.717, 1.165) is 18.2 Å². The highest BCUT2D eigenvalue weighted by Crippen LogP contribution is 2.12. The van der Waals surface area contributed by atoms with Crippen molar-refractivity contribution in [1.29, 1.82) is 0 Å². The number of nitrogens with zero attached hydrogens (tertiary/aromatic N) is 3. The van der Waals surface area contributed by atoms with Crippen molar-refractivity contribution in [3.05, 3.63) is 11.9 Å². The van der Waals surface area contributed by atoms with E-state index in [9.17, 15) is 0 Å². The molecule has 0 saturated heterocycles. The van der Waals surface area contributed by atoms with Crippen LogP contribution in [0.15, 0.2) is 6.20 Å². The van der Waals surface area contributed by atoms with Crippen molar-refractivity contribution >= 4 is 0 Å². The lowest BCUT2D eigenvalue weighted by molar-refractivity contribution is 0.346. The van der Waals surface area contributed by atoms with Crippen LogP contribution in [0.5, 0.6) is 0 Å². The fraction of sp³-hybridized carbons (Fsp3) is 0.857. The third-order valence-corrected chi connectivity index (χ3v) is 3.04. The molecule has 0 aliphatic carbocycles. The van der Waals surface area contributed by atoms with Crippen molar-refractivity contribution < 1.29 is 0 Å². The van der Waals surface area contributed by atoms with Crippen molar-refractivity contribution in [2.75, 3.05) is 0 Å². The molecule has 104 valence electrons. The second kappa shape index (κ2) is 6.32. The van der Waals surface area contributed by atoms with Crippen molar-refractivity contribution in [1.82, 2.24) is 20.3 Å². The van der Waals surface area contributed by atoms with E-state index in [2.05, 4.69) is 57.2 Å². The van der Waals surface area contributed by atoms with Crippen LogP contribution in [0.3, 0.4) is 0 Å². The van der Waals surface area contributed by atoms with Crippen molar-refractivity contribution in [3.63, 3.8) is 0 Å². The highest BCUT2D eigenvalue weighted by molar-refractivity contribution is 4.94. The fourth-order valence-corrected chi connectivity index (χ4v) is 1.67. The van der Waals surface area contributed by atoms with Crippen molar-refractivity contribution in [3.8, 4) is 0 Å². The van der Waals surface area contributed by atoms with Gasteiger partial charge in [0.25, 0.3) is 0 Å².